The summed E-state index contributed by atoms with van der Waals surface area (Å²) in [6, 6.07) is 11.7. The summed E-state index contributed by atoms with van der Waals surface area (Å²) in [5, 5.41) is 0.507. The number of hydrogen-bond donors (Lipinski definition) is 1. The Kier molecular flexibility index (Phi) is 4.26. The molecule has 0 amide bonds. The molecule has 130 valence electrons. The number of carbonyl (C=O) groups excluding carboxylic acids is 1. The van der Waals surface area contributed by atoms with Gasteiger partial charge in [0, 0.05) is 18.6 Å². The number of rotatable bonds is 4. The fraction of sp³-hybridized carbons (Fsp3) is 0.167. The summed E-state index contributed by atoms with van der Waals surface area (Å²) < 4.78 is 34.5. The number of anilines is 1. The highest BCUT2D eigenvalue weighted by Gasteiger charge is 2.21. The van der Waals surface area contributed by atoms with Crippen LogP contribution in [0.15, 0.2) is 53.6 Å². The van der Waals surface area contributed by atoms with Crippen LogP contribution in [0.3, 0.4) is 0 Å². The van der Waals surface area contributed by atoms with E-state index in [0.717, 1.165) is 11.1 Å². The van der Waals surface area contributed by atoms with Gasteiger partial charge in [-0.25, -0.2) is 13.2 Å². The molecule has 0 radical (unpaired) electrons. The maximum atomic E-state index is 12.7. The van der Waals surface area contributed by atoms with Crippen molar-refractivity contribution in [3.8, 4) is 0 Å². The maximum absolute atomic E-state index is 12.7. The average molecular weight is 358 g/mol. The molecule has 2 aromatic carbocycles. The Hall–Kier alpha value is -2.80. The highest BCUT2D eigenvalue weighted by molar-refractivity contribution is 7.92. The summed E-state index contributed by atoms with van der Waals surface area (Å²) in [7, 11) is -0.696. The minimum atomic E-state index is -3.77. The third-order valence-corrected chi connectivity index (χ3v) is 5.38. The lowest BCUT2D eigenvalue weighted by Crippen LogP contribution is -2.13. The van der Waals surface area contributed by atoms with E-state index < -0.39 is 16.0 Å². The van der Waals surface area contributed by atoms with Gasteiger partial charge in [-0.3, -0.25) is 4.72 Å². The van der Waals surface area contributed by atoms with Crippen molar-refractivity contribution in [1.29, 1.82) is 0 Å². The van der Waals surface area contributed by atoms with E-state index in [2.05, 4.69) is 4.72 Å². The smallest absolute Gasteiger partial charge is 0.340 e. The van der Waals surface area contributed by atoms with Crippen LogP contribution in [0, 0.1) is 6.92 Å². The number of carbonyl (C=O) groups is 1. The number of aromatic nitrogens is 1. The van der Waals surface area contributed by atoms with Crippen molar-refractivity contribution in [3.63, 3.8) is 0 Å². The number of aryl methyl sites for hydroxylation is 2. The van der Waals surface area contributed by atoms with Gasteiger partial charge in [0.2, 0.25) is 0 Å². The van der Waals surface area contributed by atoms with Crippen LogP contribution in [0.5, 0.6) is 0 Å². The summed E-state index contributed by atoms with van der Waals surface area (Å²) in [5.74, 6) is -0.521. The molecule has 1 heterocycles. The van der Waals surface area contributed by atoms with Crippen LogP contribution in [-0.4, -0.2) is 26.1 Å². The number of sulfonamides is 1. The first-order valence-corrected chi connectivity index (χ1v) is 9.07. The lowest BCUT2D eigenvalue weighted by atomic mass is 10.1. The van der Waals surface area contributed by atoms with Crippen LogP contribution in [0.25, 0.3) is 10.9 Å². The SMILES string of the molecule is COC(=O)c1cn(C)c2cccc(NS(=O)(=O)c3ccc(C)cc3)c12. The molecular formula is C18H18N2O4S. The van der Waals surface area contributed by atoms with E-state index in [4.69, 9.17) is 4.74 Å². The Morgan fingerprint density at radius 3 is 2.44 bits per heavy atom. The van der Waals surface area contributed by atoms with Crippen LogP contribution in [-0.2, 0) is 21.8 Å². The van der Waals surface area contributed by atoms with Crippen LogP contribution >= 0.6 is 0 Å². The standard InChI is InChI=1S/C18H18N2O4S/c1-12-7-9-13(10-8-12)25(22,23)19-15-5-4-6-16-17(15)14(11-20(16)2)18(21)24-3/h4-11,19H,1-3H3. The molecule has 0 saturated heterocycles. The van der Waals surface area contributed by atoms with E-state index in [1.165, 1.54) is 7.11 Å². The zero-order valence-corrected chi connectivity index (χ0v) is 14.9. The molecule has 0 spiro atoms. The van der Waals surface area contributed by atoms with Gasteiger partial charge < -0.3 is 9.30 Å². The van der Waals surface area contributed by atoms with E-state index in [1.807, 2.05) is 13.0 Å². The third kappa shape index (κ3) is 3.10. The van der Waals surface area contributed by atoms with Crippen LogP contribution in [0.1, 0.15) is 15.9 Å². The first-order chi connectivity index (χ1) is 11.8. The van der Waals surface area contributed by atoms with Gasteiger partial charge in [0.1, 0.15) is 0 Å². The normalized spacial score (nSPS) is 11.5. The molecule has 25 heavy (non-hydrogen) atoms. The molecule has 0 aliphatic heterocycles. The lowest BCUT2D eigenvalue weighted by molar-refractivity contribution is 0.0603. The van der Waals surface area contributed by atoms with Crippen molar-refractivity contribution in [3.05, 3.63) is 59.8 Å². The second kappa shape index (κ2) is 6.25. The van der Waals surface area contributed by atoms with Crippen LogP contribution in [0.4, 0.5) is 5.69 Å². The van der Waals surface area contributed by atoms with Gasteiger partial charge in [0.25, 0.3) is 10.0 Å². The summed E-state index contributed by atoms with van der Waals surface area (Å²) in [6.07, 6.45) is 1.63. The minimum absolute atomic E-state index is 0.158. The van der Waals surface area contributed by atoms with Crippen molar-refractivity contribution >= 4 is 32.6 Å². The quantitative estimate of drug-likeness (QED) is 0.727. The largest absolute Gasteiger partial charge is 0.465 e. The van der Waals surface area contributed by atoms with Crippen LogP contribution < -0.4 is 4.72 Å². The Balaban J connectivity index is 2.13. The van der Waals surface area contributed by atoms with E-state index in [0.29, 0.717) is 16.6 Å². The summed E-state index contributed by atoms with van der Waals surface area (Å²) >= 11 is 0. The van der Waals surface area contributed by atoms with E-state index >= 15 is 0 Å². The number of fused-ring (bicyclic) bond motifs is 1. The van der Waals surface area contributed by atoms with E-state index in [9.17, 15) is 13.2 Å². The topological polar surface area (TPSA) is 77.4 Å². The first-order valence-electron chi connectivity index (χ1n) is 7.59. The fourth-order valence-electron chi connectivity index (χ4n) is 2.72. The summed E-state index contributed by atoms with van der Waals surface area (Å²) in [6.45, 7) is 1.89. The predicted octanol–water partition coefficient (Wildman–Crippen LogP) is 3.07. The summed E-state index contributed by atoms with van der Waals surface area (Å²) in [5.41, 5.74) is 2.34. The number of hydrogen-bond acceptors (Lipinski definition) is 4. The highest BCUT2D eigenvalue weighted by Crippen LogP contribution is 2.30. The molecule has 1 aromatic heterocycles. The first kappa shape index (κ1) is 17.0. The molecule has 6 nitrogen and oxygen atoms in total. The predicted molar refractivity (Wildman–Crippen MR) is 96.2 cm³/mol. The molecule has 3 rings (SSSR count). The molecule has 0 bridgehead atoms. The Morgan fingerprint density at radius 1 is 1.12 bits per heavy atom. The van der Waals surface area contributed by atoms with Crippen LogP contribution in [0.2, 0.25) is 0 Å². The van der Waals surface area contributed by atoms with Crippen molar-refractivity contribution < 1.29 is 17.9 Å². The van der Waals surface area contributed by atoms with Crippen molar-refractivity contribution in [1.82, 2.24) is 4.57 Å². The van der Waals surface area contributed by atoms with Gasteiger partial charge in [-0.05, 0) is 31.2 Å². The molecule has 0 aliphatic carbocycles. The zero-order valence-electron chi connectivity index (χ0n) is 14.1. The molecule has 7 heteroatoms. The number of nitrogens with zero attached hydrogens (tertiary/aromatic N) is 1. The van der Waals surface area contributed by atoms with Crippen molar-refractivity contribution in [2.45, 2.75) is 11.8 Å². The van der Waals surface area contributed by atoms with Gasteiger partial charge >= 0.3 is 5.97 Å². The minimum Gasteiger partial charge on any atom is -0.465 e. The third-order valence-electron chi connectivity index (χ3n) is 4.00. The number of methoxy groups -OCH3 is 1. The number of esters is 1. The van der Waals surface area contributed by atoms with E-state index in [1.54, 1.807) is 54.2 Å². The Labute approximate surface area is 146 Å². The second-order valence-electron chi connectivity index (χ2n) is 5.76. The average Bonchev–Trinajstić information content (AvgIpc) is 2.92. The van der Waals surface area contributed by atoms with Gasteiger partial charge in [-0.1, -0.05) is 23.8 Å². The Bertz CT molecular complexity index is 1050. The lowest BCUT2D eigenvalue weighted by Gasteiger charge is -2.11. The molecule has 0 saturated carbocycles. The molecule has 0 fully saturated rings. The van der Waals surface area contributed by atoms with Gasteiger partial charge in [0.15, 0.2) is 0 Å². The second-order valence-corrected chi connectivity index (χ2v) is 7.45. The molecule has 0 unspecified atom stereocenters. The number of nitrogens with one attached hydrogen (secondary N) is 1. The molecule has 3 aromatic rings. The molecule has 0 atom stereocenters. The number of benzene rings is 2. The van der Waals surface area contributed by atoms with Gasteiger partial charge in [-0.2, -0.15) is 0 Å². The van der Waals surface area contributed by atoms with E-state index in [-0.39, 0.29) is 4.90 Å². The molecule has 0 aliphatic rings. The van der Waals surface area contributed by atoms with Crippen molar-refractivity contribution in [2.75, 3.05) is 11.8 Å². The van der Waals surface area contributed by atoms with Gasteiger partial charge in [0.05, 0.1) is 28.8 Å². The molecule has 1 N–H and O–H groups in total. The fourth-order valence-corrected chi connectivity index (χ4v) is 3.79. The monoisotopic (exact) mass is 358 g/mol. The zero-order chi connectivity index (χ0) is 18.2. The number of ether oxygens (including phenoxy) is 1. The molecular weight excluding hydrogens is 340 g/mol. The highest BCUT2D eigenvalue weighted by atomic mass is 32.2. The Morgan fingerprint density at radius 2 is 1.80 bits per heavy atom. The maximum Gasteiger partial charge on any atom is 0.340 e. The van der Waals surface area contributed by atoms with Gasteiger partial charge in [-0.15, -0.1) is 0 Å². The summed E-state index contributed by atoms with van der Waals surface area (Å²) in [4.78, 5) is 12.2. The van der Waals surface area contributed by atoms with Crippen molar-refractivity contribution in [2.24, 2.45) is 7.05 Å².